The highest BCUT2D eigenvalue weighted by Gasteiger charge is 2.26. The van der Waals surface area contributed by atoms with Crippen LogP contribution >= 0.6 is 0 Å². The zero-order chi connectivity index (χ0) is 11.5. The average Bonchev–Trinajstić information content (AvgIpc) is 3.12. The molecule has 1 unspecified atom stereocenters. The molecule has 0 spiro atoms. The summed E-state index contributed by atoms with van der Waals surface area (Å²) in [5.74, 6) is 1.64. The first kappa shape index (κ1) is 11.5. The van der Waals surface area contributed by atoms with Crippen molar-refractivity contribution in [3.05, 3.63) is 23.3 Å². The van der Waals surface area contributed by atoms with Crippen LogP contribution in [0.1, 0.15) is 56.2 Å². The van der Waals surface area contributed by atoms with Gasteiger partial charge in [0.1, 0.15) is 5.82 Å². The molecule has 1 aliphatic carbocycles. The van der Waals surface area contributed by atoms with Crippen molar-refractivity contribution >= 4 is 0 Å². The topological polar surface area (TPSA) is 51.8 Å². The highest BCUT2D eigenvalue weighted by atomic mass is 14.9. The van der Waals surface area contributed by atoms with Gasteiger partial charge in [-0.2, -0.15) is 0 Å². The summed E-state index contributed by atoms with van der Waals surface area (Å²) in [6.45, 7) is 4.25. The van der Waals surface area contributed by atoms with Crippen LogP contribution in [0.25, 0.3) is 0 Å². The van der Waals surface area contributed by atoms with Crippen LogP contribution in [0.3, 0.4) is 0 Å². The average molecular weight is 219 g/mol. The molecule has 1 fully saturated rings. The summed E-state index contributed by atoms with van der Waals surface area (Å²) in [6.07, 6.45) is 5.36. The van der Waals surface area contributed by atoms with Gasteiger partial charge in [0.2, 0.25) is 0 Å². The van der Waals surface area contributed by atoms with Crippen molar-refractivity contribution < 1.29 is 0 Å². The van der Waals surface area contributed by atoms with Crippen LogP contribution in [0.4, 0.5) is 0 Å². The number of aromatic nitrogens is 2. The maximum Gasteiger partial charge on any atom is 0.130 e. The predicted octanol–water partition coefficient (Wildman–Crippen LogP) is 2.20. The number of nitrogens with zero attached hydrogens (tertiary/aromatic N) is 2. The maximum absolute atomic E-state index is 5.96. The van der Waals surface area contributed by atoms with Gasteiger partial charge in [0.15, 0.2) is 0 Å². The second-order valence-electron chi connectivity index (χ2n) is 4.70. The monoisotopic (exact) mass is 219 g/mol. The van der Waals surface area contributed by atoms with Crippen molar-refractivity contribution in [1.82, 2.24) is 9.97 Å². The lowest BCUT2D eigenvalue weighted by Crippen LogP contribution is -2.23. The fourth-order valence-corrected chi connectivity index (χ4v) is 1.81. The third kappa shape index (κ3) is 2.79. The van der Waals surface area contributed by atoms with Gasteiger partial charge in [-0.1, -0.05) is 13.8 Å². The standard InChI is InChI=1S/C13H21N3/c1-3-10(14)7-13-15-11(4-2)8-12(16-13)9-5-6-9/h8-10H,3-7,14H2,1-2H3. The normalized spacial score (nSPS) is 17.4. The summed E-state index contributed by atoms with van der Waals surface area (Å²) >= 11 is 0. The molecular weight excluding hydrogens is 198 g/mol. The third-order valence-corrected chi connectivity index (χ3v) is 3.17. The lowest BCUT2D eigenvalue weighted by Gasteiger charge is -2.10. The Morgan fingerprint density at radius 1 is 1.38 bits per heavy atom. The summed E-state index contributed by atoms with van der Waals surface area (Å²) in [7, 11) is 0. The lowest BCUT2D eigenvalue weighted by molar-refractivity contribution is 0.619. The van der Waals surface area contributed by atoms with E-state index in [9.17, 15) is 0 Å². The van der Waals surface area contributed by atoms with Gasteiger partial charge in [0.25, 0.3) is 0 Å². The molecule has 1 aromatic rings. The SMILES string of the molecule is CCc1cc(C2CC2)nc(CC(N)CC)n1. The van der Waals surface area contributed by atoms with Crippen molar-refractivity contribution in [3.8, 4) is 0 Å². The molecule has 1 aliphatic rings. The van der Waals surface area contributed by atoms with Crippen molar-refractivity contribution in [2.75, 3.05) is 0 Å². The molecule has 1 saturated carbocycles. The third-order valence-electron chi connectivity index (χ3n) is 3.17. The lowest BCUT2D eigenvalue weighted by atomic mass is 10.1. The van der Waals surface area contributed by atoms with Crippen molar-refractivity contribution in [2.45, 2.75) is 57.9 Å². The van der Waals surface area contributed by atoms with E-state index in [0.29, 0.717) is 5.92 Å². The Kier molecular flexibility index (Phi) is 3.54. The van der Waals surface area contributed by atoms with Crippen LogP contribution in [-0.4, -0.2) is 16.0 Å². The molecule has 88 valence electrons. The van der Waals surface area contributed by atoms with Crippen LogP contribution in [0.15, 0.2) is 6.07 Å². The fourth-order valence-electron chi connectivity index (χ4n) is 1.81. The Morgan fingerprint density at radius 2 is 2.12 bits per heavy atom. The quantitative estimate of drug-likeness (QED) is 0.826. The van der Waals surface area contributed by atoms with E-state index < -0.39 is 0 Å². The summed E-state index contributed by atoms with van der Waals surface area (Å²) in [6, 6.07) is 2.36. The molecule has 0 bridgehead atoms. The predicted molar refractivity (Wildman–Crippen MR) is 65.4 cm³/mol. The van der Waals surface area contributed by atoms with Gasteiger partial charge < -0.3 is 5.73 Å². The van der Waals surface area contributed by atoms with E-state index in [4.69, 9.17) is 5.73 Å². The Bertz CT molecular complexity index is 358. The van der Waals surface area contributed by atoms with Gasteiger partial charge in [-0.15, -0.1) is 0 Å². The second kappa shape index (κ2) is 4.91. The molecule has 0 aliphatic heterocycles. The van der Waals surface area contributed by atoms with Gasteiger partial charge in [-0.25, -0.2) is 9.97 Å². The van der Waals surface area contributed by atoms with E-state index in [2.05, 4.69) is 29.9 Å². The molecule has 0 saturated heterocycles. The first-order valence-corrected chi connectivity index (χ1v) is 6.35. The molecule has 3 nitrogen and oxygen atoms in total. The Labute approximate surface area is 97.5 Å². The summed E-state index contributed by atoms with van der Waals surface area (Å²) < 4.78 is 0. The van der Waals surface area contributed by atoms with Crippen molar-refractivity contribution in [2.24, 2.45) is 5.73 Å². The van der Waals surface area contributed by atoms with Crippen LogP contribution < -0.4 is 5.73 Å². The molecule has 0 aromatic carbocycles. The minimum Gasteiger partial charge on any atom is -0.327 e. The van der Waals surface area contributed by atoms with Crippen LogP contribution in [0.5, 0.6) is 0 Å². The highest BCUT2D eigenvalue weighted by molar-refractivity contribution is 5.19. The number of nitrogens with two attached hydrogens (primary N) is 1. The molecule has 16 heavy (non-hydrogen) atoms. The molecule has 1 heterocycles. The van der Waals surface area contributed by atoms with Crippen molar-refractivity contribution in [3.63, 3.8) is 0 Å². The second-order valence-corrected chi connectivity index (χ2v) is 4.70. The maximum atomic E-state index is 5.96. The Balaban J connectivity index is 2.18. The van der Waals surface area contributed by atoms with Gasteiger partial charge in [-0.05, 0) is 31.7 Å². The fraction of sp³-hybridized carbons (Fsp3) is 0.692. The van der Waals surface area contributed by atoms with E-state index in [1.165, 1.54) is 18.5 Å². The molecule has 3 heteroatoms. The van der Waals surface area contributed by atoms with Gasteiger partial charge in [0.05, 0.1) is 0 Å². The highest BCUT2D eigenvalue weighted by Crippen LogP contribution is 2.39. The van der Waals surface area contributed by atoms with E-state index in [1.807, 2.05) is 0 Å². The minimum atomic E-state index is 0.194. The number of aryl methyl sites for hydroxylation is 1. The Hall–Kier alpha value is -0.960. The van der Waals surface area contributed by atoms with Gasteiger partial charge in [0, 0.05) is 29.8 Å². The van der Waals surface area contributed by atoms with E-state index in [-0.39, 0.29) is 6.04 Å². The van der Waals surface area contributed by atoms with Crippen LogP contribution in [0.2, 0.25) is 0 Å². The van der Waals surface area contributed by atoms with E-state index >= 15 is 0 Å². The zero-order valence-corrected chi connectivity index (χ0v) is 10.2. The molecular formula is C13H21N3. The minimum absolute atomic E-state index is 0.194. The zero-order valence-electron chi connectivity index (χ0n) is 10.2. The smallest absolute Gasteiger partial charge is 0.130 e. The number of hydrogen-bond donors (Lipinski definition) is 1. The molecule has 0 radical (unpaired) electrons. The molecule has 1 aromatic heterocycles. The first-order chi connectivity index (χ1) is 7.72. The molecule has 2 N–H and O–H groups in total. The van der Waals surface area contributed by atoms with Crippen molar-refractivity contribution in [1.29, 1.82) is 0 Å². The molecule has 1 atom stereocenters. The first-order valence-electron chi connectivity index (χ1n) is 6.35. The summed E-state index contributed by atoms with van der Waals surface area (Å²) in [5, 5.41) is 0. The Morgan fingerprint density at radius 3 is 2.69 bits per heavy atom. The largest absolute Gasteiger partial charge is 0.327 e. The molecule has 2 rings (SSSR count). The summed E-state index contributed by atoms with van der Waals surface area (Å²) in [5.41, 5.74) is 8.36. The van der Waals surface area contributed by atoms with Crippen LogP contribution in [0, 0.1) is 0 Å². The number of hydrogen-bond acceptors (Lipinski definition) is 3. The summed E-state index contributed by atoms with van der Waals surface area (Å²) in [4.78, 5) is 9.20. The van der Waals surface area contributed by atoms with E-state index in [1.54, 1.807) is 0 Å². The number of rotatable bonds is 5. The van der Waals surface area contributed by atoms with Crippen LogP contribution in [-0.2, 0) is 12.8 Å². The molecule has 0 amide bonds. The van der Waals surface area contributed by atoms with Gasteiger partial charge in [-0.3, -0.25) is 0 Å². The van der Waals surface area contributed by atoms with E-state index in [0.717, 1.165) is 30.8 Å². The van der Waals surface area contributed by atoms with Gasteiger partial charge >= 0.3 is 0 Å².